The maximum absolute atomic E-state index is 14.6. The van der Waals surface area contributed by atoms with Crippen molar-refractivity contribution in [3.05, 3.63) is 42.1 Å². The van der Waals surface area contributed by atoms with Gasteiger partial charge in [-0.25, -0.2) is 9.78 Å². The smallest absolute Gasteiger partial charge is 0.408 e. The number of aliphatic hydroxyl groups is 1. The number of likely N-dealkylation sites (tertiary alicyclic amines) is 1. The Morgan fingerprint density at radius 1 is 1.11 bits per heavy atom. The number of hydrogen-bond donors (Lipinski definition) is 4. The van der Waals surface area contributed by atoms with Crippen molar-refractivity contribution in [2.45, 2.75) is 116 Å². The number of allylic oxidation sites excluding steroid dienone is 2. The zero-order chi connectivity index (χ0) is 41.7. The standard InChI is InChI=1S/C42H57N5O10/c1-8-27-20-42(27,39(53)44-21-32(25-9-10-25)35(50)23-48)46-36(51)34-19-30(56-37-31-13-12-29(55-7)18-26(31)15-16-43-37)22-47(34)38(52)33(14-11-28(49)17-24(2)3)45-40(54)57-41(4,5)6/h12-13,15-18,25,27,30,32-34,48H,8-11,14,19-23H2,1-7H3,(H,44,53)(H,45,54)(H,46,51). The normalized spacial score (nSPS) is 22.5. The summed E-state index contributed by atoms with van der Waals surface area (Å²) in [4.78, 5) is 86.9. The van der Waals surface area contributed by atoms with Gasteiger partial charge in [0.25, 0.3) is 0 Å². The van der Waals surface area contributed by atoms with E-state index in [1.807, 2.05) is 25.1 Å². The van der Waals surface area contributed by atoms with Crippen LogP contribution < -0.4 is 25.4 Å². The first-order chi connectivity index (χ1) is 27.0. The van der Waals surface area contributed by atoms with Crippen LogP contribution in [0.5, 0.6) is 11.6 Å². The monoisotopic (exact) mass is 791 g/mol. The molecule has 4 N–H and O–H groups in total. The minimum atomic E-state index is -1.27. The first kappa shape index (κ1) is 43.1. The Hall–Kier alpha value is -5.05. The zero-order valence-electron chi connectivity index (χ0n) is 34.0. The predicted octanol–water partition coefficient (Wildman–Crippen LogP) is 3.79. The molecule has 1 aromatic carbocycles. The molecule has 5 rings (SSSR count). The molecule has 3 aliphatic rings. The fourth-order valence-electron chi connectivity index (χ4n) is 7.60. The van der Waals surface area contributed by atoms with Gasteiger partial charge in [0.2, 0.25) is 23.6 Å². The summed E-state index contributed by atoms with van der Waals surface area (Å²) in [5.74, 6) is -1.86. The van der Waals surface area contributed by atoms with Crippen LogP contribution in [0.25, 0.3) is 10.8 Å². The molecule has 6 unspecified atom stereocenters. The van der Waals surface area contributed by atoms with Gasteiger partial charge in [0, 0.05) is 36.9 Å². The van der Waals surface area contributed by atoms with Gasteiger partial charge in [0.1, 0.15) is 41.7 Å². The molecule has 310 valence electrons. The highest BCUT2D eigenvalue weighted by atomic mass is 16.6. The highest BCUT2D eigenvalue weighted by Gasteiger charge is 2.61. The molecule has 15 heteroatoms. The molecular formula is C42H57N5O10. The highest BCUT2D eigenvalue weighted by Crippen LogP contribution is 2.47. The number of fused-ring (bicyclic) bond motifs is 1. The van der Waals surface area contributed by atoms with Crippen molar-refractivity contribution in [3.8, 4) is 11.6 Å². The van der Waals surface area contributed by atoms with Gasteiger partial charge in [-0.15, -0.1) is 0 Å². The Morgan fingerprint density at radius 2 is 1.84 bits per heavy atom. The maximum Gasteiger partial charge on any atom is 0.408 e. The average Bonchev–Trinajstić information content (AvgIpc) is 4.08. The van der Waals surface area contributed by atoms with Gasteiger partial charge in [0.15, 0.2) is 11.6 Å². The second-order valence-corrected chi connectivity index (χ2v) is 16.7. The number of methoxy groups -OCH3 is 1. The van der Waals surface area contributed by atoms with Gasteiger partial charge in [-0.2, -0.15) is 0 Å². The number of ketones is 2. The summed E-state index contributed by atoms with van der Waals surface area (Å²) >= 11 is 0. The number of nitrogens with one attached hydrogen (secondary N) is 3. The van der Waals surface area contributed by atoms with Gasteiger partial charge in [-0.3, -0.25) is 24.0 Å². The Morgan fingerprint density at radius 3 is 2.46 bits per heavy atom. The second kappa shape index (κ2) is 18.0. The largest absolute Gasteiger partial charge is 0.497 e. The molecule has 0 spiro atoms. The van der Waals surface area contributed by atoms with Crippen LogP contribution in [-0.2, 0) is 28.7 Å². The summed E-state index contributed by atoms with van der Waals surface area (Å²) in [6, 6.07) is 4.86. The lowest BCUT2D eigenvalue weighted by atomic mass is 9.98. The van der Waals surface area contributed by atoms with Crippen LogP contribution in [-0.4, -0.2) is 107 Å². The number of benzene rings is 1. The summed E-state index contributed by atoms with van der Waals surface area (Å²) < 4.78 is 17.3. The summed E-state index contributed by atoms with van der Waals surface area (Å²) in [6.07, 6.45) is 4.01. The summed E-state index contributed by atoms with van der Waals surface area (Å²) in [5, 5.41) is 19.5. The van der Waals surface area contributed by atoms with Gasteiger partial charge >= 0.3 is 6.09 Å². The molecule has 0 bridgehead atoms. The fraction of sp³-hybridized carbons (Fsp3) is 0.595. The molecule has 57 heavy (non-hydrogen) atoms. The zero-order valence-corrected chi connectivity index (χ0v) is 34.0. The Kier molecular flexibility index (Phi) is 13.6. The molecule has 1 aliphatic heterocycles. The first-order valence-corrected chi connectivity index (χ1v) is 19.8. The number of aromatic nitrogens is 1. The Balaban J connectivity index is 1.42. The van der Waals surface area contributed by atoms with E-state index in [2.05, 4.69) is 20.9 Å². The third-order valence-corrected chi connectivity index (χ3v) is 10.8. The SMILES string of the molecule is CCC1CC1(NC(=O)C1CC(Oc2nccc3cc(OC)ccc23)CN1C(=O)C(CCC(=O)C=C(C)C)NC(=O)OC(C)(C)C)C(=O)NCC(C(=O)CO)C1CC1. The quantitative estimate of drug-likeness (QED) is 0.160. The van der Waals surface area contributed by atoms with Crippen molar-refractivity contribution in [2.75, 3.05) is 26.8 Å². The van der Waals surface area contributed by atoms with Crippen LogP contribution in [0.2, 0.25) is 0 Å². The second-order valence-electron chi connectivity index (χ2n) is 16.7. The molecule has 2 aromatic rings. The van der Waals surface area contributed by atoms with E-state index in [0.29, 0.717) is 24.0 Å². The van der Waals surface area contributed by atoms with E-state index in [1.165, 1.54) is 11.0 Å². The first-order valence-electron chi connectivity index (χ1n) is 19.8. The third-order valence-electron chi connectivity index (χ3n) is 10.8. The molecule has 1 aromatic heterocycles. The van der Waals surface area contributed by atoms with Crippen molar-refractivity contribution in [2.24, 2.45) is 17.8 Å². The lowest BCUT2D eigenvalue weighted by molar-refractivity contribution is -0.141. The number of ether oxygens (including phenoxy) is 3. The minimum Gasteiger partial charge on any atom is -0.497 e. The van der Waals surface area contributed by atoms with Gasteiger partial charge < -0.3 is 40.2 Å². The Bertz CT molecular complexity index is 1880. The fourth-order valence-corrected chi connectivity index (χ4v) is 7.60. The molecular weight excluding hydrogens is 734 g/mol. The van der Waals surface area contributed by atoms with Crippen molar-refractivity contribution in [3.63, 3.8) is 0 Å². The Labute approximate surface area is 333 Å². The molecule has 0 radical (unpaired) electrons. The van der Waals surface area contributed by atoms with Crippen molar-refractivity contribution in [1.29, 1.82) is 0 Å². The molecule has 2 aliphatic carbocycles. The number of Topliss-reactive ketones (excluding diaryl/α,β-unsaturated/α-hetero) is 1. The van der Waals surface area contributed by atoms with Gasteiger partial charge in [-0.1, -0.05) is 18.9 Å². The van der Waals surface area contributed by atoms with E-state index in [9.17, 15) is 33.9 Å². The van der Waals surface area contributed by atoms with E-state index in [0.717, 1.165) is 23.8 Å². The maximum atomic E-state index is 14.6. The van der Waals surface area contributed by atoms with E-state index >= 15 is 0 Å². The van der Waals surface area contributed by atoms with Crippen molar-refractivity contribution in [1.82, 2.24) is 25.8 Å². The molecule has 4 amide bonds. The van der Waals surface area contributed by atoms with Crippen molar-refractivity contribution >= 4 is 46.2 Å². The van der Waals surface area contributed by atoms with Crippen LogP contribution in [0.1, 0.15) is 86.5 Å². The summed E-state index contributed by atoms with van der Waals surface area (Å²) in [6.45, 7) is 9.91. The molecule has 2 heterocycles. The van der Waals surface area contributed by atoms with E-state index in [-0.39, 0.29) is 61.6 Å². The van der Waals surface area contributed by atoms with Crippen molar-refractivity contribution < 1.29 is 48.1 Å². The van der Waals surface area contributed by atoms with E-state index in [1.54, 1.807) is 54.0 Å². The molecule has 3 fully saturated rings. The molecule has 6 atom stereocenters. The lowest BCUT2D eigenvalue weighted by Gasteiger charge is -2.30. The number of nitrogens with zero attached hydrogens (tertiary/aromatic N) is 2. The van der Waals surface area contributed by atoms with Gasteiger partial charge in [-0.05, 0) is 108 Å². The number of alkyl carbamates (subject to hydrolysis) is 1. The van der Waals surface area contributed by atoms with E-state index in [4.69, 9.17) is 14.2 Å². The number of hydrogen-bond acceptors (Lipinski definition) is 11. The van der Waals surface area contributed by atoms with E-state index < -0.39 is 65.7 Å². The number of aliphatic hydroxyl groups excluding tert-OH is 1. The molecule has 2 saturated carbocycles. The summed E-state index contributed by atoms with van der Waals surface area (Å²) in [7, 11) is 1.57. The third kappa shape index (κ3) is 10.9. The number of carbonyl (C=O) groups is 6. The van der Waals surface area contributed by atoms with Gasteiger partial charge in [0.05, 0.1) is 13.7 Å². The van der Waals surface area contributed by atoms with Crippen LogP contribution in [0.4, 0.5) is 4.79 Å². The average molecular weight is 792 g/mol. The number of carbonyl (C=O) groups excluding carboxylic acids is 6. The van der Waals surface area contributed by atoms with Crippen LogP contribution >= 0.6 is 0 Å². The predicted molar refractivity (Wildman–Crippen MR) is 210 cm³/mol. The summed E-state index contributed by atoms with van der Waals surface area (Å²) in [5.41, 5.74) is -1.36. The highest BCUT2D eigenvalue weighted by molar-refractivity contribution is 5.99. The molecule has 15 nitrogen and oxygen atoms in total. The number of rotatable bonds is 18. The lowest BCUT2D eigenvalue weighted by Crippen LogP contribution is -2.58. The molecule has 1 saturated heterocycles. The number of pyridine rings is 1. The number of amides is 4. The van der Waals surface area contributed by atoms with Crippen LogP contribution in [0.15, 0.2) is 42.1 Å². The topological polar surface area (TPSA) is 203 Å². The van der Waals surface area contributed by atoms with Crippen LogP contribution in [0, 0.1) is 17.8 Å². The minimum absolute atomic E-state index is 0.0326. The van der Waals surface area contributed by atoms with Crippen LogP contribution in [0.3, 0.4) is 0 Å².